The van der Waals surface area contributed by atoms with Crippen molar-refractivity contribution in [3.63, 3.8) is 0 Å². The van der Waals surface area contributed by atoms with Gasteiger partial charge in [0.2, 0.25) is 20.0 Å². The highest BCUT2D eigenvalue weighted by molar-refractivity contribution is 7.90. The van der Waals surface area contributed by atoms with Crippen molar-refractivity contribution in [1.29, 1.82) is 0 Å². The van der Waals surface area contributed by atoms with E-state index in [9.17, 15) is 16.8 Å². The minimum atomic E-state index is -3.76. The normalized spacial score (nSPS) is 11.7. The third-order valence-corrected chi connectivity index (χ3v) is 4.43. The number of hydrogen-bond donors (Lipinski definition) is 3. The molecule has 0 aliphatic rings. The lowest BCUT2D eigenvalue weighted by Gasteiger charge is -2.06. The Balaban J connectivity index is 2.78. The second kappa shape index (κ2) is 6.83. The molecular weight excluding hydrogens is 302 g/mol. The Hall–Kier alpha value is -1.44. The van der Waals surface area contributed by atoms with E-state index in [-0.39, 0.29) is 18.0 Å². The highest BCUT2D eigenvalue weighted by Crippen LogP contribution is 2.09. The Morgan fingerprint density at radius 2 is 1.70 bits per heavy atom. The Kier molecular flexibility index (Phi) is 5.67. The maximum Gasteiger partial charge on any atom is 0.240 e. The molecule has 20 heavy (non-hydrogen) atoms. The molecule has 0 aliphatic heterocycles. The Bertz CT molecular complexity index is 713. The van der Waals surface area contributed by atoms with E-state index < -0.39 is 25.8 Å². The quantitative estimate of drug-likeness (QED) is 0.572. The third kappa shape index (κ3) is 5.68. The minimum absolute atomic E-state index is 0.0187. The van der Waals surface area contributed by atoms with E-state index in [1.165, 1.54) is 24.3 Å². The molecule has 0 atom stereocenters. The van der Waals surface area contributed by atoms with Crippen LogP contribution < -0.4 is 15.6 Å². The molecule has 0 spiro atoms. The van der Waals surface area contributed by atoms with Crippen LogP contribution in [0, 0.1) is 11.8 Å². The summed E-state index contributed by atoms with van der Waals surface area (Å²) in [6, 6.07) is 5.83. The fraction of sp³-hybridized carbons (Fsp3) is 0.273. The second-order valence-corrected chi connectivity index (χ2v) is 7.30. The van der Waals surface area contributed by atoms with Crippen molar-refractivity contribution in [1.82, 2.24) is 4.72 Å². The van der Waals surface area contributed by atoms with Gasteiger partial charge in [0.15, 0.2) is 0 Å². The summed E-state index contributed by atoms with van der Waals surface area (Å²) in [6.07, 6.45) is 0. The Morgan fingerprint density at radius 1 is 1.10 bits per heavy atom. The van der Waals surface area contributed by atoms with Gasteiger partial charge in [0, 0.05) is 12.1 Å². The molecule has 110 valence electrons. The molecule has 0 unspecified atom stereocenters. The van der Waals surface area contributed by atoms with Gasteiger partial charge in [-0.3, -0.25) is 0 Å². The number of nitrogens with two attached hydrogens (primary N) is 2. The van der Waals surface area contributed by atoms with Crippen LogP contribution in [0.25, 0.3) is 0 Å². The van der Waals surface area contributed by atoms with Crippen molar-refractivity contribution < 1.29 is 16.8 Å². The number of nitrogens with one attached hydrogen (secondary N) is 1. The van der Waals surface area contributed by atoms with E-state index in [0.717, 1.165) is 0 Å². The van der Waals surface area contributed by atoms with Crippen molar-refractivity contribution in [3.8, 4) is 11.8 Å². The molecule has 1 aromatic carbocycles. The predicted octanol–water partition coefficient (Wildman–Crippen LogP) is -1.44. The molecule has 0 radical (unpaired) electrons. The van der Waals surface area contributed by atoms with Crippen molar-refractivity contribution in [2.45, 2.75) is 4.90 Å². The lowest BCUT2D eigenvalue weighted by Crippen LogP contribution is -2.31. The van der Waals surface area contributed by atoms with Crippen LogP contribution in [0.3, 0.4) is 0 Å². The number of rotatable bonds is 5. The first-order chi connectivity index (χ1) is 9.24. The van der Waals surface area contributed by atoms with Gasteiger partial charge in [-0.25, -0.2) is 26.7 Å². The second-order valence-electron chi connectivity index (χ2n) is 3.80. The highest BCUT2D eigenvalue weighted by Gasteiger charge is 2.14. The molecule has 0 amide bonds. The van der Waals surface area contributed by atoms with Crippen LogP contribution in [0.15, 0.2) is 29.2 Å². The van der Waals surface area contributed by atoms with Gasteiger partial charge in [0.05, 0.1) is 17.2 Å². The smallest absolute Gasteiger partial charge is 0.240 e. The average molecular weight is 317 g/mol. The number of primary sulfonamides is 1. The molecule has 0 saturated heterocycles. The van der Waals surface area contributed by atoms with E-state index in [2.05, 4.69) is 16.6 Å². The monoisotopic (exact) mass is 317 g/mol. The summed E-state index contributed by atoms with van der Waals surface area (Å²) in [5, 5.41) is 4.78. The molecule has 7 nitrogen and oxygen atoms in total. The van der Waals surface area contributed by atoms with E-state index in [0.29, 0.717) is 5.56 Å². The van der Waals surface area contributed by atoms with Gasteiger partial charge < -0.3 is 5.73 Å². The first-order valence-corrected chi connectivity index (χ1v) is 8.73. The first-order valence-electron chi connectivity index (χ1n) is 5.54. The van der Waals surface area contributed by atoms with Gasteiger partial charge in [-0.2, -0.15) is 0 Å². The summed E-state index contributed by atoms with van der Waals surface area (Å²) in [7, 11) is -7.47. The molecule has 0 aliphatic carbocycles. The lowest BCUT2D eigenvalue weighted by atomic mass is 10.2. The Morgan fingerprint density at radius 3 is 2.20 bits per heavy atom. The van der Waals surface area contributed by atoms with Gasteiger partial charge in [-0.1, -0.05) is 11.8 Å². The van der Waals surface area contributed by atoms with Crippen LogP contribution in [0.2, 0.25) is 0 Å². The zero-order valence-electron chi connectivity index (χ0n) is 10.5. The largest absolute Gasteiger partial charge is 0.320 e. The molecule has 1 aromatic rings. The fourth-order valence-corrected chi connectivity index (χ4v) is 2.82. The van der Waals surface area contributed by atoms with E-state index in [1.807, 2.05) is 0 Å². The SMILES string of the molecule is NCC#Cc1ccc(S(=O)(=O)NCCS(N)(=O)=O)cc1. The molecule has 0 aromatic heterocycles. The van der Waals surface area contributed by atoms with Crippen LogP contribution >= 0.6 is 0 Å². The zero-order chi connectivity index (χ0) is 15.2. The molecule has 0 saturated carbocycles. The summed E-state index contributed by atoms with van der Waals surface area (Å²) in [6.45, 7) is -0.0644. The Labute approximate surface area is 118 Å². The topological polar surface area (TPSA) is 132 Å². The highest BCUT2D eigenvalue weighted by atomic mass is 32.2. The number of hydrogen-bond acceptors (Lipinski definition) is 5. The fourth-order valence-electron chi connectivity index (χ4n) is 1.27. The summed E-state index contributed by atoms with van der Waals surface area (Å²) in [4.78, 5) is 0.0187. The van der Waals surface area contributed by atoms with Crippen LogP contribution in [0.1, 0.15) is 5.56 Å². The van der Waals surface area contributed by atoms with Crippen LogP contribution in [0.4, 0.5) is 0 Å². The third-order valence-electron chi connectivity index (χ3n) is 2.18. The van der Waals surface area contributed by atoms with Gasteiger partial charge in [0.1, 0.15) is 0 Å². The summed E-state index contributed by atoms with van der Waals surface area (Å²) >= 11 is 0. The van der Waals surface area contributed by atoms with Gasteiger partial charge in [0.25, 0.3) is 0 Å². The van der Waals surface area contributed by atoms with Gasteiger partial charge in [-0.05, 0) is 24.3 Å². The lowest BCUT2D eigenvalue weighted by molar-refractivity contribution is 0.581. The maximum atomic E-state index is 11.8. The number of sulfonamides is 2. The summed E-state index contributed by atoms with van der Waals surface area (Å²) < 4.78 is 47.3. The number of benzene rings is 1. The molecule has 5 N–H and O–H groups in total. The predicted molar refractivity (Wildman–Crippen MR) is 75.5 cm³/mol. The summed E-state index contributed by atoms with van der Waals surface area (Å²) in [5.74, 6) is 4.94. The van der Waals surface area contributed by atoms with Crippen LogP contribution in [-0.2, 0) is 20.0 Å². The van der Waals surface area contributed by atoms with E-state index in [4.69, 9.17) is 10.9 Å². The van der Waals surface area contributed by atoms with Crippen molar-refractivity contribution in [2.75, 3.05) is 18.8 Å². The molecule has 1 rings (SSSR count). The standard InChI is InChI=1S/C11H15N3O4S2/c12-7-1-2-10-3-5-11(6-4-10)20(17,18)14-8-9-19(13,15)16/h3-6,14H,7-9,12H2,(H2,13,15,16). The minimum Gasteiger partial charge on any atom is -0.320 e. The van der Waals surface area contributed by atoms with Crippen molar-refractivity contribution >= 4 is 20.0 Å². The molecule has 0 fully saturated rings. The maximum absolute atomic E-state index is 11.8. The summed E-state index contributed by atoms with van der Waals surface area (Å²) in [5.41, 5.74) is 5.86. The van der Waals surface area contributed by atoms with E-state index in [1.54, 1.807) is 0 Å². The van der Waals surface area contributed by atoms with Gasteiger partial charge in [-0.15, -0.1) is 0 Å². The molecular formula is C11H15N3O4S2. The zero-order valence-corrected chi connectivity index (χ0v) is 12.2. The van der Waals surface area contributed by atoms with E-state index >= 15 is 0 Å². The van der Waals surface area contributed by atoms with Crippen molar-refractivity contribution in [2.24, 2.45) is 10.9 Å². The van der Waals surface area contributed by atoms with Gasteiger partial charge >= 0.3 is 0 Å². The molecule has 9 heteroatoms. The first kappa shape index (κ1) is 16.6. The van der Waals surface area contributed by atoms with Crippen molar-refractivity contribution in [3.05, 3.63) is 29.8 Å². The van der Waals surface area contributed by atoms with Crippen LogP contribution in [-0.4, -0.2) is 35.7 Å². The van der Waals surface area contributed by atoms with Crippen LogP contribution in [0.5, 0.6) is 0 Å². The molecule has 0 heterocycles. The molecule has 0 bridgehead atoms. The average Bonchev–Trinajstić information content (AvgIpc) is 2.35.